The summed E-state index contributed by atoms with van der Waals surface area (Å²) in [6, 6.07) is 0. The van der Waals surface area contributed by atoms with Crippen LogP contribution in [-0.2, 0) is 14.1 Å². The number of hydrogen-bond donors (Lipinski definition) is 0. The van der Waals surface area contributed by atoms with Crippen LogP contribution in [0.3, 0.4) is 0 Å². The summed E-state index contributed by atoms with van der Waals surface area (Å²) in [5.41, 5.74) is 0. The first-order valence-corrected chi connectivity index (χ1v) is 20.7. The topological polar surface area (TPSA) is 43.4 Å². The van der Waals surface area contributed by atoms with Gasteiger partial charge in [0.05, 0.1) is 0 Å². The molecule has 36 heavy (non-hydrogen) atoms. The van der Waals surface area contributed by atoms with Gasteiger partial charge in [-0.2, -0.15) is 0 Å². The molecular formula is C31H67O3PS. The molecule has 0 aliphatic carbocycles. The van der Waals surface area contributed by atoms with Gasteiger partial charge < -0.3 is 0 Å². The van der Waals surface area contributed by atoms with Crippen LogP contribution in [0.5, 0.6) is 0 Å². The molecule has 0 aromatic rings. The first-order valence-electron chi connectivity index (χ1n) is 16.3. The van der Waals surface area contributed by atoms with Crippen molar-refractivity contribution in [2.75, 3.05) is 30.4 Å². The van der Waals surface area contributed by atoms with Crippen LogP contribution >= 0.6 is 6.83 Å². The first-order chi connectivity index (χ1) is 17.3. The Morgan fingerprint density at radius 2 is 0.722 bits per heavy atom. The molecule has 0 bridgehead atoms. The van der Waals surface area contributed by atoms with E-state index in [2.05, 4.69) is 27.7 Å². The molecule has 0 rings (SSSR count). The van der Waals surface area contributed by atoms with Crippen LogP contribution in [-0.4, -0.2) is 38.8 Å². The molecule has 5 heteroatoms. The van der Waals surface area contributed by atoms with Crippen molar-refractivity contribution >= 4 is 16.9 Å². The van der Waals surface area contributed by atoms with E-state index in [1.807, 2.05) is 6.92 Å². The number of unbranched alkanes of at least 4 members (excludes halogenated alkanes) is 16. The molecule has 0 unspecified atom stereocenters. The van der Waals surface area contributed by atoms with Crippen LogP contribution in [0.2, 0.25) is 0 Å². The molecule has 0 fully saturated rings. The van der Waals surface area contributed by atoms with Crippen molar-refractivity contribution in [1.29, 1.82) is 0 Å². The third-order valence-electron chi connectivity index (χ3n) is 8.09. The summed E-state index contributed by atoms with van der Waals surface area (Å²) in [5, 5.41) is 0. The third-order valence-corrected chi connectivity index (χ3v) is 17.4. The van der Waals surface area contributed by atoms with Gasteiger partial charge in [0.1, 0.15) is 0 Å². The van der Waals surface area contributed by atoms with Crippen molar-refractivity contribution in [2.45, 2.75) is 169 Å². The summed E-state index contributed by atoms with van der Waals surface area (Å²) in [6.45, 7) is 8.17. The molecule has 3 nitrogen and oxygen atoms in total. The van der Waals surface area contributed by atoms with E-state index in [9.17, 15) is 8.42 Å². The Kier molecular flexibility index (Phi) is 22.4. The minimum atomic E-state index is -3.45. The van der Waals surface area contributed by atoms with Crippen molar-refractivity contribution in [2.24, 2.45) is 0 Å². The molecular weight excluding hydrogens is 483 g/mol. The molecule has 0 atom stereocenters. The molecule has 0 saturated carbocycles. The summed E-state index contributed by atoms with van der Waals surface area (Å²) in [4.78, 5) is 0. The van der Waals surface area contributed by atoms with E-state index in [1.165, 1.54) is 83.5 Å². The maximum absolute atomic E-state index is 13.1. The summed E-state index contributed by atoms with van der Waals surface area (Å²) in [5.74, 6) is 0.175. The van der Waals surface area contributed by atoms with Crippen LogP contribution < -0.4 is 0 Å². The number of hydrogen-bond acceptors (Lipinski definition) is 3. The number of rotatable bonds is 28. The van der Waals surface area contributed by atoms with Gasteiger partial charge in [0, 0.05) is 0 Å². The van der Waals surface area contributed by atoms with Gasteiger partial charge in [0.2, 0.25) is 0 Å². The van der Waals surface area contributed by atoms with Gasteiger partial charge in [-0.25, -0.2) is 0 Å². The van der Waals surface area contributed by atoms with Gasteiger partial charge in [0.15, 0.2) is 0 Å². The summed E-state index contributed by atoms with van der Waals surface area (Å²) >= 11 is 0. The average Bonchev–Trinajstić information content (AvgIpc) is 2.85. The fraction of sp³-hybridized carbons (Fsp3) is 1.00. The van der Waals surface area contributed by atoms with Crippen molar-refractivity contribution in [1.82, 2.24) is 0 Å². The van der Waals surface area contributed by atoms with Crippen LogP contribution in [0.25, 0.3) is 0 Å². The summed E-state index contributed by atoms with van der Waals surface area (Å²) < 4.78 is 32.8. The second kappa shape index (κ2) is 22.2. The molecule has 0 saturated heterocycles. The fourth-order valence-corrected chi connectivity index (χ4v) is 16.1. The normalized spacial score (nSPS) is 13.6. The van der Waals surface area contributed by atoms with Crippen molar-refractivity contribution in [3.63, 3.8) is 0 Å². The molecule has 0 aromatic carbocycles. The van der Waals surface area contributed by atoms with Crippen LogP contribution in [0, 0.1) is 0 Å². The fourth-order valence-electron chi connectivity index (χ4n) is 5.81. The zero-order valence-corrected chi connectivity index (χ0v) is 27.2. The minimum absolute atomic E-state index is 0.175. The quantitative estimate of drug-likeness (QED) is 0.0718. The SMILES string of the molecule is CCCCCCCCCCCCCCCCP(CCCC)(CCCC)(CCCC)OS(=O)(=O)CCC. The van der Waals surface area contributed by atoms with E-state index in [1.54, 1.807) is 0 Å². The van der Waals surface area contributed by atoms with Gasteiger partial charge in [-0.15, -0.1) is 0 Å². The Balaban J connectivity index is 4.83. The van der Waals surface area contributed by atoms with Crippen molar-refractivity contribution < 1.29 is 12.4 Å². The molecule has 0 N–H and O–H groups in total. The Morgan fingerprint density at radius 1 is 0.417 bits per heavy atom. The Hall–Kier alpha value is 0.340. The van der Waals surface area contributed by atoms with E-state index in [4.69, 9.17) is 3.97 Å². The molecule has 0 aliphatic rings. The second-order valence-corrected chi connectivity index (χ2v) is 19.4. The van der Waals surface area contributed by atoms with E-state index < -0.39 is 16.9 Å². The molecule has 0 amide bonds. The second-order valence-electron chi connectivity index (χ2n) is 11.7. The van der Waals surface area contributed by atoms with E-state index in [-0.39, 0.29) is 5.75 Å². The van der Waals surface area contributed by atoms with Gasteiger partial charge in [0.25, 0.3) is 0 Å². The van der Waals surface area contributed by atoms with Crippen LogP contribution in [0.1, 0.15) is 169 Å². The van der Waals surface area contributed by atoms with Gasteiger partial charge in [-0.05, 0) is 0 Å². The molecule has 0 radical (unpaired) electrons. The molecule has 0 spiro atoms. The van der Waals surface area contributed by atoms with E-state index in [0.717, 1.165) is 69.6 Å². The summed E-state index contributed by atoms with van der Waals surface area (Å²) in [7, 11) is -3.45. The van der Waals surface area contributed by atoms with Gasteiger partial charge in [-0.1, -0.05) is 26.2 Å². The van der Waals surface area contributed by atoms with E-state index >= 15 is 0 Å². The molecule has 0 heterocycles. The third kappa shape index (κ3) is 17.0. The average molecular weight is 551 g/mol. The zero-order valence-electron chi connectivity index (χ0n) is 25.5. The Morgan fingerprint density at radius 3 is 1.06 bits per heavy atom. The predicted molar refractivity (Wildman–Crippen MR) is 167 cm³/mol. The van der Waals surface area contributed by atoms with Crippen LogP contribution in [0.15, 0.2) is 0 Å². The first kappa shape index (κ1) is 36.3. The van der Waals surface area contributed by atoms with Crippen molar-refractivity contribution in [3.05, 3.63) is 0 Å². The standard InChI is InChI=1S/C31H67O3PS/c1-6-11-15-16-17-18-19-20-21-22-23-24-25-26-30-35(27-12-7-2,28-13-8-3,29-14-9-4)34-36(32,33)31-10-5/h6-31H2,1-5H3. The molecule has 0 aliphatic heterocycles. The summed E-state index contributed by atoms with van der Waals surface area (Å²) in [6.07, 6.45) is 30.4. The van der Waals surface area contributed by atoms with Crippen LogP contribution in [0.4, 0.5) is 0 Å². The van der Waals surface area contributed by atoms with E-state index in [0.29, 0.717) is 6.42 Å². The van der Waals surface area contributed by atoms with Gasteiger partial charge >= 0.3 is 203 Å². The monoisotopic (exact) mass is 550 g/mol. The Bertz CT molecular complexity index is 566. The van der Waals surface area contributed by atoms with Crippen molar-refractivity contribution in [3.8, 4) is 0 Å². The Labute approximate surface area is 228 Å². The molecule has 0 aromatic heterocycles. The van der Waals surface area contributed by atoms with Gasteiger partial charge in [-0.3, -0.25) is 0 Å². The maximum atomic E-state index is 13.1. The zero-order chi connectivity index (χ0) is 27.0. The predicted octanol–water partition coefficient (Wildman–Crippen LogP) is 11.1. The molecule has 220 valence electrons.